The summed E-state index contributed by atoms with van der Waals surface area (Å²) in [7, 11) is -3.64. The van der Waals surface area contributed by atoms with Gasteiger partial charge in [-0.2, -0.15) is 10.4 Å². The van der Waals surface area contributed by atoms with Gasteiger partial charge >= 0.3 is 0 Å². The monoisotopic (exact) mass is 563 g/mol. The molecule has 39 heavy (non-hydrogen) atoms. The number of hydrogen-bond acceptors (Lipinski definition) is 13. The van der Waals surface area contributed by atoms with Crippen LogP contribution < -0.4 is 10.6 Å². The highest BCUT2D eigenvalue weighted by Gasteiger charge is 2.19. The van der Waals surface area contributed by atoms with E-state index in [2.05, 4.69) is 31.9 Å². The van der Waals surface area contributed by atoms with Crippen LogP contribution in [0.25, 0.3) is 0 Å². The molecule has 0 saturated heterocycles. The molecule has 6 N–H and O–H groups in total. The molecule has 0 aliphatic carbocycles. The van der Waals surface area contributed by atoms with Gasteiger partial charge in [0, 0.05) is 38.3 Å². The number of aliphatic hydroxyl groups excluding tert-OH is 4. The van der Waals surface area contributed by atoms with E-state index in [1.165, 1.54) is 24.3 Å². The van der Waals surface area contributed by atoms with Gasteiger partial charge in [-0.3, -0.25) is 4.90 Å². The summed E-state index contributed by atoms with van der Waals surface area (Å²) in [5.74, 6) is 0.354. The maximum Gasteiger partial charge on any atom is 0.179 e. The summed E-state index contributed by atoms with van der Waals surface area (Å²) in [6.45, 7) is 5.58. The van der Waals surface area contributed by atoms with Gasteiger partial charge in [-0.1, -0.05) is 0 Å². The number of pyridine rings is 1. The zero-order valence-corrected chi connectivity index (χ0v) is 23.2. The van der Waals surface area contributed by atoms with Gasteiger partial charge in [0.15, 0.2) is 15.7 Å². The van der Waals surface area contributed by atoms with E-state index >= 15 is 0 Å². The molecule has 0 saturated carbocycles. The van der Waals surface area contributed by atoms with Crippen LogP contribution >= 0.6 is 0 Å². The molecular formula is C25H37N7O6S. The van der Waals surface area contributed by atoms with Crippen LogP contribution in [0, 0.1) is 18.3 Å². The lowest BCUT2D eigenvalue weighted by atomic mass is 10.1. The van der Waals surface area contributed by atoms with Crippen LogP contribution in [0.4, 0.5) is 23.0 Å². The number of aromatic nitrogens is 1. The predicted molar refractivity (Wildman–Crippen MR) is 147 cm³/mol. The van der Waals surface area contributed by atoms with Crippen molar-refractivity contribution in [2.24, 2.45) is 10.2 Å². The van der Waals surface area contributed by atoms with Crippen LogP contribution in [0.3, 0.4) is 0 Å². The maximum absolute atomic E-state index is 12.9. The van der Waals surface area contributed by atoms with Gasteiger partial charge in [0.1, 0.15) is 17.6 Å². The van der Waals surface area contributed by atoms with Crippen molar-refractivity contribution >= 4 is 32.8 Å². The largest absolute Gasteiger partial charge is 0.395 e. The molecule has 0 radical (unpaired) electrons. The highest BCUT2D eigenvalue weighted by molar-refractivity contribution is 7.91. The van der Waals surface area contributed by atoms with Crippen LogP contribution in [0.5, 0.6) is 0 Å². The number of benzene rings is 1. The Morgan fingerprint density at radius 3 is 2.08 bits per heavy atom. The molecule has 0 aliphatic rings. The first-order chi connectivity index (χ1) is 18.5. The van der Waals surface area contributed by atoms with Crippen LogP contribution in [-0.4, -0.2) is 103 Å². The molecule has 1 heterocycles. The molecule has 0 amide bonds. The minimum absolute atomic E-state index is 0.102. The van der Waals surface area contributed by atoms with Gasteiger partial charge in [-0.15, -0.1) is 5.11 Å². The number of nitrogens with zero attached hydrogens (tertiary/aromatic N) is 5. The third-order valence-electron chi connectivity index (χ3n) is 5.52. The Morgan fingerprint density at radius 1 is 1.00 bits per heavy atom. The molecule has 2 aromatic rings. The smallest absolute Gasteiger partial charge is 0.179 e. The summed E-state index contributed by atoms with van der Waals surface area (Å²) in [5.41, 5.74) is 1.36. The van der Waals surface area contributed by atoms with Gasteiger partial charge in [0.2, 0.25) is 0 Å². The maximum atomic E-state index is 12.9. The lowest BCUT2D eigenvalue weighted by Crippen LogP contribution is -2.39. The van der Waals surface area contributed by atoms with Crippen LogP contribution in [-0.2, 0) is 9.84 Å². The second-order valence-electron chi connectivity index (χ2n) is 9.04. The van der Waals surface area contributed by atoms with E-state index in [9.17, 15) is 29.0 Å². The summed E-state index contributed by atoms with van der Waals surface area (Å²) >= 11 is 0. The molecule has 0 bridgehead atoms. The van der Waals surface area contributed by atoms with E-state index in [4.69, 9.17) is 5.11 Å². The fourth-order valence-electron chi connectivity index (χ4n) is 3.75. The zero-order chi connectivity index (χ0) is 29.0. The first-order valence-electron chi connectivity index (χ1n) is 12.5. The quantitative estimate of drug-likeness (QED) is 0.161. The van der Waals surface area contributed by atoms with Gasteiger partial charge in [0.05, 0.1) is 47.3 Å². The first kappa shape index (κ1) is 32.0. The van der Waals surface area contributed by atoms with E-state index in [0.29, 0.717) is 11.3 Å². The Bertz CT molecular complexity index is 1240. The lowest BCUT2D eigenvalue weighted by Gasteiger charge is -2.24. The van der Waals surface area contributed by atoms with Crippen molar-refractivity contribution in [3.8, 4) is 6.07 Å². The van der Waals surface area contributed by atoms with Gasteiger partial charge in [-0.25, -0.2) is 13.4 Å². The van der Waals surface area contributed by atoms with E-state index in [-0.39, 0.29) is 79.5 Å². The summed E-state index contributed by atoms with van der Waals surface area (Å²) < 4.78 is 25.7. The number of anilines is 2. The molecule has 1 aromatic carbocycles. The number of nitrogens with one attached hydrogen (secondary N) is 2. The number of azo groups is 1. The molecule has 1 aromatic heterocycles. The molecule has 2 rings (SSSR count). The Labute approximate surface area is 228 Å². The van der Waals surface area contributed by atoms with Crippen molar-refractivity contribution in [3.05, 3.63) is 35.4 Å². The second-order valence-corrected chi connectivity index (χ2v) is 11.1. The Hall–Kier alpha value is -3.19. The number of sulfone groups is 1. The Kier molecular flexibility index (Phi) is 12.7. The Balaban J connectivity index is 2.26. The van der Waals surface area contributed by atoms with Crippen molar-refractivity contribution < 1.29 is 28.8 Å². The van der Waals surface area contributed by atoms with Crippen LogP contribution in [0.1, 0.15) is 25.0 Å². The molecule has 0 fully saturated rings. The van der Waals surface area contributed by atoms with Crippen LogP contribution in [0.2, 0.25) is 0 Å². The molecule has 2 unspecified atom stereocenters. The van der Waals surface area contributed by atoms with Crippen molar-refractivity contribution in [2.45, 2.75) is 37.9 Å². The highest BCUT2D eigenvalue weighted by atomic mass is 32.2. The predicted octanol–water partition coefficient (Wildman–Crippen LogP) is 1.32. The summed E-state index contributed by atoms with van der Waals surface area (Å²) in [5, 5.41) is 61.6. The average molecular weight is 564 g/mol. The molecule has 2 atom stereocenters. The van der Waals surface area contributed by atoms with Crippen LogP contribution in [0.15, 0.2) is 39.4 Å². The number of rotatable bonds is 16. The van der Waals surface area contributed by atoms with E-state index in [0.717, 1.165) is 0 Å². The van der Waals surface area contributed by atoms with Gasteiger partial charge in [0.25, 0.3) is 0 Å². The minimum Gasteiger partial charge on any atom is -0.395 e. The fourth-order valence-corrected chi connectivity index (χ4v) is 5.04. The van der Waals surface area contributed by atoms with E-state index in [1.807, 2.05) is 0 Å². The summed E-state index contributed by atoms with van der Waals surface area (Å²) in [6, 6.07) is 7.94. The molecule has 0 aliphatic heterocycles. The third kappa shape index (κ3) is 9.81. The summed E-state index contributed by atoms with van der Waals surface area (Å²) in [6.07, 6.45) is -1.32. The molecular weight excluding hydrogens is 526 g/mol. The van der Waals surface area contributed by atoms with Crippen molar-refractivity contribution in [3.63, 3.8) is 0 Å². The average Bonchev–Trinajstić information content (AvgIpc) is 2.88. The number of hydrogen-bond donors (Lipinski definition) is 6. The fraction of sp³-hybridized carbons (Fsp3) is 0.520. The summed E-state index contributed by atoms with van der Waals surface area (Å²) in [4.78, 5) is 6.18. The normalized spacial score (nSPS) is 13.4. The minimum atomic E-state index is -3.64. The zero-order valence-electron chi connectivity index (χ0n) is 22.4. The third-order valence-corrected chi connectivity index (χ3v) is 7.23. The molecule has 214 valence electrons. The van der Waals surface area contributed by atoms with Crippen molar-refractivity contribution in [1.82, 2.24) is 9.88 Å². The molecule has 13 nitrogen and oxygen atoms in total. The molecule has 14 heteroatoms. The van der Waals surface area contributed by atoms with E-state index < -0.39 is 22.0 Å². The topological polar surface area (TPSA) is 204 Å². The van der Waals surface area contributed by atoms with E-state index in [1.54, 1.807) is 25.7 Å². The molecule has 0 spiro atoms. The Morgan fingerprint density at radius 2 is 1.56 bits per heavy atom. The number of aliphatic hydroxyl groups is 4. The second kappa shape index (κ2) is 15.4. The van der Waals surface area contributed by atoms with Gasteiger partial charge < -0.3 is 31.1 Å². The standard InChI is InChI=1S/C25H37N7O6S/c1-17(35)15-32(16-18(2)36)10-13-39(37,38)21-6-4-20(5-7-21)30-31-23-19(3)22(14-26)24(27-8-11-33)29-25(23)28-9-12-34/h4-7,17-18,33-36H,8-13,15-16H2,1-3H3,(H2,27,28,29)/b31-30+. The highest BCUT2D eigenvalue weighted by Crippen LogP contribution is 2.34. The number of nitriles is 1. The first-order valence-corrected chi connectivity index (χ1v) is 14.1. The van der Waals surface area contributed by atoms with Crippen molar-refractivity contribution in [2.75, 3.05) is 62.3 Å². The van der Waals surface area contributed by atoms with Crippen molar-refractivity contribution in [1.29, 1.82) is 5.26 Å². The SMILES string of the molecule is Cc1c(C#N)c(NCCO)nc(NCCO)c1/N=N/c1ccc(S(=O)(=O)CCN(CC(C)O)CC(C)O)cc1. The lowest BCUT2D eigenvalue weighted by molar-refractivity contribution is 0.0873. The van der Waals surface area contributed by atoms with Gasteiger partial charge in [-0.05, 0) is 45.0 Å².